The molecule has 0 aliphatic carbocycles. The first-order valence-electron chi connectivity index (χ1n) is 6.24. The molecule has 0 fully saturated rings. The lowest BCUT2D eigenvalue weighted by molar-refractivity contribution is 0.0991. The van der Waals surface area contributed by atoms with Crippen LogP contribution in [0.25, 0.3) is 0 Å². The van der Waals surface area contributed by atoms with E-state index in [-0.39, 0.29) is 24.2 Å². The van der Waals surface area contributed by atoms with Crippen LogP contribution in [-0.2, 0) is 6.42 Å². The van der Waals surface area contributed by atoms with Crippen molar-refractivity contribution in [2.45, 2.75) is 46.1 Å². The molecule has 7 heteroatoms. The minimum Gasteiger partial charge on any atom is -0.293 e. The van der Waals surface area contributed by atoms with E-state index in [1.54, 1.807) is 4.68 Å². The van der Waals surface area contributed by atoms with Gasteiger partial charge in [0.05, 0.1) is 12.1 Å². The van der Waals surface area contributed by atoms with E-state index in [0.29, 0.717) is 10.7 Å². The van der Waals surface area contributed by atoms with Gasteiger partial charge in [0.15, 0.2) is 5.78 Å². The molecule has 0 radical (unpaired) electrons. The van der Waals surface area contributed by atoms with Crippen LogP contribution >= 0.6 is 11.5 Å². The van der Waals surface area contributed by atoms with Crippen molar-refractivity contribution in [1.82, 2.24) is 24.4 Å². The molecule has 0 bridgehead atoms. The van der Waals surface area contributed by atoms with Gasteiger partial charge in [-0.1, -0.05) is 18.3 Å². The molecule has 0 amide bonds. The van der Waals surface area contributed by atoms with Crippen LogP contribution in [0.15, 0.2) is 6.33 Å². The zero-order chi connectivity index (χ0) is 14.0. The molecule has 0 atom stereocenters. The third-order valence-corrected chi connectivity index (χ3v) is 3.55. The number of nitrogens with zero attached hydrogens (tertiary/aromatic N) is 5. The molecule has 2 aromatic rings. The highest BCUT2D eigenvalue weighted by Gasteiger charge is 2.21. The molecular weight excluding hydrogens is 262 g/mol. The summed E-state index contributed by atoms with van der Waals surface area (Å²) in [6, 6.07) is 0.189. The number of carbonyl (C=O) groups is 1. The van der Waals surface area contributed by atoms with Crippen molar-refractivity contribution in [2.75, 3.05) is 0 Å². The van der Waals surface area contributed by atoms with Gasteiger partial charge in [0, 0.05) is 6.04 Å². The van der Waals surface area contributed by atoms with Gasteiger partial charge in [0.1, 0.15) is 17.0 Å². The fourth-order valence-electron chi connectivity index (χ4n) is 1.82. The summed E-state index contributed by atoms with van der Waals surface area (Å²) >= 11 is 1.15. The first-order chi connectivity index (χ1) is 9.00. The Labute approximate surface area is 116 Å². The normalized spacial score (nSPS) is 11.5. The van der Waals surface area contributed by atoms with Crippen LogP contribution in [0.3, 0.4) is 0 Å². The predicted octanol–water partition coefficient (Wildman–Crippen LogP) is 2.26. The standard InChI is InChI=1S/C12H17N5OS/c1-7(2)11-12(19-16-15-11)9(18)5-10-13-6-14-17(10)8(3)4/h6-8H,5H2,1-4H3. The molecule has 6 nitrogen and oxygen atoms in total. The molecule has 2 aromatic heterocycles. The average molecular weight is 279 g/mol. The number of carbonyl (C=O) groups excluding carboxylic acids is 1. The summed E-state index contributed by atoms with van der Waals surface area (Å²) in [7, 11) is 0. The summed E-state index contributed by atoms with van der Waals surface area (Å²) in [5.74, 6) is 0.886. The third kappa shape index (κ3) is 2.86. The Bertz CT molecular complexity index is 572. The largest absolute Gasteiger partial charge is 0.293 e. The number of hydrogen-bond donors (Lipinski definition) is 0. The highest BCUT2D eigenvalue weighted by Crippen LogP contribution is 2.21. The molecule has 0 unspecified atom stereocenters. The van der Waals surface area contributed by atoms with Crippen LogP contribution in [0.2, 0.25) is 0 Å². The van der Waals surface area contributed by atoms with Crippen LogP contribution in [0.5, 0.6) is 0 Å². The number of hydrogen-bond acceptors (Lipinski definition) is 6. The summed E-state index contributed by atoms with van der Waals surface area (Å²) in [5, 5.41) is 8.16. The molecule has 0 aliphatic heterocycles. The van der Waals surface area contributed by atoms with Gasteiger partial charge in [-0.2, -0.15) is 5.10 Å². The maximum absolute atomic E-state index is 12.3. The Hall–Kier alpha value is -1.63. The van der Waals surface area contributed by atoms with E-state index >= 15 is 0 Å². The number of aromatic nitrogens is 5. The summed E-state index contributed by atoms with van der Waals surface area (Å²) in [4.78, 5) is 17.1. The Balaban J connectivity index is 2.21. The summed E-state index contributed by atoms with van der Waals surface area (Å²) in [5.41, 5.74) is 0.769. The highest BCUT2D eigenvalue weighted by molar-refractivity contribution is 7.08. The topological polar surface area (TPSA) is 73.6 Å². The van der Waals surface area contributed by atoms with Gasteiger partial charge in [0.25, 0.3) is 0 Å². The van der Waals surface area contributed by atoms with Crippen molar-refractivity contribution in [1.29, 1.82) is 0 Å². The molecule has 19 heavy (non-hydrogen) atoms. The smallest absolute Gasteiger partial charge is 0.183 e. The summed E-state index contributed by atoms with van der Waals surface area (Å²) in [6.07, 6.45) is 1.72. The molecule has 0 saturated carbocycles. The fourth-order valence-corrected chi connectivity index (χ4v) is 2.58. The van der Waals surface area contributed by atoms with Crippen LogP contribution in [0.1, 0.15) is 60.8 Å². The maximum atomic E-state index is 12.3. The van der Waals surface area contributed by atoms with E-state index in [1.165, 1.54) is 6.33 Å². The van der Waals surface area contributed by atoms with Gasteiger partial charge in [-0.25, -0.2) is 9.67 Å². The van der Waals surface area contributed by atoms with Crippen molar-refractivity contribution >= 4 is 17.3 Å². The van der Waals surface area contributed by atoms with E-state index in [0.717, 1.165) is 17.2 Å². The van der Waals surface area contributed by atoms with E-state index in [9.17, 15) is 4.79 Å². The maximum Gasteiger partial charge on any atom is 0.183 e. The van der Waals surface area contributed by atoms with E-state index < -0.39 is 0 Å². The molecule has 0 N–H and O–H groups in total. The average Bonchev–Trinajstić information content (AvgIpc) is 2.96. The van der Waals surface area contributed by atoms with Crippen molar-refractivity contribution < 1.29 is 4.79 Å². The zero-order valence-corrected chi connectivity index (χ0v) is 12.3. The Morgan fingerprint density at radius 3 is 2.74 bits per heavy atom. The minimum atomic E-state index is 0.00796. The van der Waals surface area contributed by atoms with Crippen molar-refractivity contribution in [3.8, 4) is 0 Å². The second-order valence-corrected chi connectivity index (χ2v) is 5.71. The fraction of sp³-hybridized carbons (Fsp3) is 0.583. The van der Waals surface area contributed by atoms with Crippen LogP contribution in [0, 0.1) is 0 Å². The van der Waals surface area contributed by atoms with Gasteiger partial charge >= 0.3 is 0 Å². The van der Waals surface area contributed by atoms with Crippen molar-refractivity contribution in [3.05, 3.63) is 22.7 Å². The van der Waals surface area contributed by atoms with E-state index in [2.05, 4.69) is 19.7 Å². The number of Topliss-reactive ketones (excluding diaryl/α,β-unsaturated/α-hetero) is 1. The lowest BCUT2D eigenvalue weighted by Gasteiger charge is -2.08. The van der Waals surface area contributed by atoms with Crippen LogP contribution < -0.4 is 0 Å². The van der Waals surface area contributed by atoms with Gasteiger partial charge in [-0.05, 0) is 31.3 Å². The SMILES string of the molecule is CC(C)c1nnsc1C(=O)Cc1ncnn1C(C)C. The quantitative estimate of drug-likeness (QED) is 0.785. The molecule has 102 valence electrons. The van der Waals surface area contributed by atoms with Gasteiger partial charge < -0.3 is 0 Å². The Morgan fingerprint density at radius 2 is 2.11 bits per heavy atom. The van der Waals surface area contributed by atoms with Crippen molar-refractivity contribution in [3.63, 3.8) is 0 Å². The molecule has 0 aliphatic rings. The second kappa shape index (κ2) is 5.56. The first kappa shape index (κ1) is 13.8. The molecule has 0 spiro atoms. The highest BCUT2D eigenvalue weighted by atomic mass is 32.1. The van der Waals surface area contributed by atoms with Crippen LogP contribution in [0.4, 0.5) is 0 Å². The number of rotatable bonds is 5. The Kier molecular flexibility index (Phi) is 4.04. The lowest BCUT2D eigenvalue weighted by atomic mass is 10.1. The monoisotopic (exact) mass is 279 g/mol. The summed E-state index contributed by atoms with van der Waals surface area (Å²) in [6.45, 7) is 8.03. The number of ketones is 1. The van der Waals surface area contributed by atoms with Gasteiger partial charge in [0.2, 0.25) is 0 Å². The van der Waals surface area contributed by atoms with Crippen LogP contribution in [-0.4, -0.2) is 30.1 Å². The van der Waals surface area contributed by atoms with Gasteiger partial charge in [-0.3, -0.25) is 4.79 Å². The molecule has 0 aromatic carbocycles. The molecule has 2 heterocycles. The minimum absolute atomic E-state index is 0.00796. The lowest BCUT2D eigenvalue weighted by Crippen LogP contribution is -2.13. The molecule has 2 rings (SSSR count). The van der Waals surface area contributed by atoms with E-state index in [1.807, 2.05) is 27.7 Å². The molecule has 0 saturated heterocycles. The van der Waals surface area contributed by atoms with Gasteiger partial charge in [-0.15, -0.1) is 5.10 Å². The van der Waals surface area contributed by atoms with Crippen molar-refractivity contribution in [2.24, 2.45) is 0 Å². The third-order valence-electron chi connectivity index (χ3n) is 2.77. The first-order valence-corrected chi connectivity index (χ1v) is 7.01. The zero-order valence-electron chi connectivity index (χ0n) is 11.5. The second-order valence-electron chi connectivity index (χ2n) is 4.96. The Morgan fingerprint density at radius 1 is 1.37 bits per heavy atom. The summed E-state index contributed by atoms with van der Waals surface area (Å²) < 4.78 is 5.64. The predicted molar refractivity (Wildman–Crippen MR) is 72.4 cm³/mol. The van der Waals surface area contributed by atoms with E-state index in [4.69, 9.17) is 0 Å². The molecular formula is C12H17N5OS.